The highest BCUT2D eigenvalue weighted by atomic mass is 16.2. The summed E-state index contributed by atoms with van der Waals surface area (Å²) in [5, 5.41) is 2.87. The van der Waals surface area contributed by atoms with Gasteiger partial charge in [-0.2, -0.15) is 0 Å². The lowest BCUT2D eigenvalue weighted by Crippen LogP contribution is -2.31. The largest absolute Gasteiger partial charge is 0.372 e. The number of hydrogen-bond donors (Lipinski definition) is 1. The summed E-state index contributed by atoms with van der Waals surface area (Å²) in [6, 6.07) is 12.8. The van der Waals surface area contributed by atoms with Crippen LogP contribution in [-0.2, 0) is 0 Å². The monoisotopic (exact) mass is 380 g/mol. The van der Waals surface area contributed by atoms with Gasteiger partial charge in [0, 0.05) is 37.6 Å². The van der Waals surface area contributed by atoms with E-state index in [0.717, 1.165) is 13.1 Å². The van der Waals surface area contributed by atoms with E-state index in [0.29, 0.717) is 18.8 Å². The van der Waals surface area contributed by atoms with Gasteiger partial charge < -0.3 is 15.1 Å². The van der Waals surface area contributed by atoms with Crippen molar-refractivity contribution in [2.75, 3.05) is 36.4 Å². The van der Waals surface area contributed by atoms with Gasteiger partial charge in [-0.3, -0.25) is 9.59 Å². The molecule has 1 aromatic carbocycles. The summed E-state index contributed by atoms with van der Waals surface area (Å²) >= 11 is 0. The smallest absolute Gasteiger partial charge is 0.274 e. The van der Waals surface area contributed by atoms with Crippen molar-refractivity contribution >= 4 is 23.2 Å². The summed E-state index contributed by atoms with van der Waals surface area (Å²) in [5.74, 6) is -0.481. The fourth-order valence-corrected chi connectivity index (χ4v) is 3.46. The zero-order valence-electron chi connectivity index (χ0n) is 16.6. The highest BCUT2D eigenvalue weighted by molar-refractivity contribution is 6.03. The first kappa shape index (κ1) is 19.9. The van der Waals surface area contributed by atoms with Gasteiger partial charge in [0.15, 0.2) is 0 Å². The molecule has 0 spiro atoms. The van der Waals surface area contributed by atoms with Crippen LogP contribution in [0.5, 0.6) is 0 Å². The summed E-state index contributed by atoms with van der Waals surface area (Å²) in [7, 11) is 0. The third-order valence-electron chi connectivity index (χ3n) is 5.10. The van der Waals surface area contributed by atoms with Crippen LogP contribution in [-0.4, -0.2) is 47.9 Å². The number of carbonyl (C=O) groups is 2. The lowest BCUT2D eigenvalue weighted by molar-refractivity contribution is 0.0767. The number of hydrogen-bond acceptors (Lipinski definition) is 4. The zero-order valence-corrected chi connectivity index (χ0v) is 16.6. The minimum Gasteiger partial charge on any atom is -0.372 e. The fourth-order valence-electron chi connectivity index (χ4n) is 3.46. The molecule has 0 saturated carbocycles. The van der Waals surface area contributed by atoms with Gasteiger partial charge in [0.2, 0.25) is 0 Å². The van der Waals surface area contributed by atoms with Crippen LogP contribution in [0, 0.1) is 0 Å². The standard InChI is InChI=1S/C22H28N4O2/c1-3-25(4-2)22(28)20-10-8-9-19(24-20)21(27)23-17-11-13-18(14-12-17)26-15-6-5-7-16-26/h8-14H,3-7,15-16H2,1-2H3,(H,23,27). The molecule has 28 heavy (non-hydrogen) atoms. The molecule has 2 aromatic rings. The van der Waals surface area contributed by atoms with E-state index in [1.807, 2.05) is 38.1 Å². The van der Waals surface area contributed by atoms with Crippen LogP contribution in [0.1, 0.15) is 54.1 Å². The number of carbonyl (C=O) groups excluding carboxylic acids is 2. The quantitative estimate of drug-likeness (QED) is 0.828. The molecule has 3 rings (SSSR count). The molecule has 1 aliphatic rings. The molecule has 1 N–H and O–H groups in total. The highest BCUT2D eigenvalue weighted by Gasteiger charge is 2.17. The molecule has 6 heteroatoms. The number of amides is 2. The maximum Gasteiger partial charge on any atom is 0.274 e. The summed E-state index contributed by atoms with van der Waals surface area (Å²) < 4.78 is 0. The van der Waals surface area contributed by atoms with Crippen LogP contribution >= 0.6 is 0 Å². The Kier molecular flexibility index (Phi) is 6.63. The van der Waals surface area contributed by atoms with Gasteiger partial charge in [0.1, 0.15) is 11.4 Å². The highest BCUT2D eigenvalue weighted by Crippen LogP contribution is 2.22. The third kappa shape index (κ3) is 4.68. The van der Waals surface area contributed by atoms with Crippen LogP contribution in [0.2, 0.25) is 0 Å². The lowest BCUT2D eigenvalue weighted by atomic mass is 10.1. The minimum absolute atomic E-state index is 0.162. The predicted molar refractivity (Wildman–Crippen MR) is 112 cm³/mol. The number of rotatable bonds is 6. The molecular formula is C22H28N4O2. The maximum absolute atomic E-state index is 12.6. The molecular weight excluding hydrogens is 352 g/mol. The first-order chi connectivity index (χ1) is 13.6. The van der Waals surface area contributed by atoms with Gasteiger partial charge in [-0.25, -0.2) is 4.98 Å². The van der Waals surface area contributed by atoms with Crippen LogP contribution in [0.15, 0.2) is 42.5 Å². The van der Waals surface area contributed by atoms with Crippen LogP contribution < -0.4 is 10.2 Å². The predicted octanol–water partition coefficient (Wildman–Crippen LogP) is 3.81. The average molecular weight is 380 g/mol. The number of piperidine rings is 1. The molecule has 0 aliphatic carbocycles. The second-order valence-electron chi connectivity index (χ2n) is 6.93. The Bertz CT molecular complexity index is 810. The van der Waals surface area contributed by atoms with Crippen molar-refractivity contribution in [2.24, 2.45) is 0 Å². The van der Waals surface area contributed by atoms with E-state index in [-0.39, 0.29) is 23.2 Å². The van der Waals surface area contributed by atoms with Crippen molar-refractivity contribution in [3.63, 3.8) is 0 Å². The Morgan fingerprint density at radius 3 is 2.25 bits per heavy atom. The molecule has 1 aliphatic heterocycles. The van der Waals surface area contributed by atoms with Crippen molar-refractivity contribution in [3.05, 3.63) is 53.9 Å². The average Bonchev–Trinajstić information content (AvgIpc) is 2.75. The first-order valence-electron chi connectivity index (χ1n) is 10.0. The van der Waals surface area contributed by atoms with Gasteiger partial charge in [-0.1, -0.05) is 6.07 Å². The third-order valence-corrected chi connectivity index (χ3v) is 5.10. The molecule has 0 radical (unpaired) electrons. The van der Waals surface area contributed by atoms with E-state index in [2.05, 4.69) is 15.2 Å². The molecule has 1 aromatic heterocycles. The normalized spacial score (nSPS) is 13.9. The van der Waals surface area contributed by atoms with Crippen molar-refractivity contribution in [1.82, 2.24) is 9.88 Å². The SMILES string of the molecule is CCN(CC)C(=O)c1cccc(C(=O)Nc2ccc(N3CCCCC3)cc2)n1. The molecule has 0 unspecified atom stereocenters. The Morgan fingerprint density at radius 2 is 1.61 bits per heavy atom. The number of nitrogens with one attached hydrogen (secondary N) is 1. The van der Waals surface area contributed by atoms with Gasteiger partial charge >= 0.3 is 0 Å². The number of pyridine rings is 1. The summed E-state index contributed by atoms with van der Waals surface area (Å²) in [6.07, 6.45) is 3.76. The van der Waals surface area contributed by atoms with Gasteiger partial charge in [0.05, 0.1) is 0 Å². The Morgan fingerprint density at radius 1 is 0.964 bits per heavy atom. The molecule has 0 atom stereocenters. The molecule has 6 nitrogen and oxygen atoms in total. The van der Waals surface area contributed by atoms with E-state index in [4.69, 9.17) is 0 Å². The Hall–Kier alpha value is -2.89. The maximum atomic E-state index is 12.6. The number of aromatic nitrogens is 1. The lowest BCUT2D eigenvalue weighted by Gasteiger charge is -2.28. The van der Waals surface area contributed by atoms with E-state index in [1.54, 1.807) is 23.1 Å². The van der Waals surface area contributed by atoms with Crippen molar-refractivity contribution in [1.29, 1.82) is 0 Å². The number of anilines is 2. The molecule has 2 heterocycles. The van der Waals surface area contributed by atoms with Gasteiger partial charge in [-0.05, 0) is 69.5 Å². The molecule has 1 saturated heterocycles. The molecule has 1 fully saturated rings. The van der Waals surface area contributed by atoms with Crippen molar-refractivity contribution < 1.29 is 9.59 Å². The van der Waals surface area contributed by atoms with E-state index >= 15 is 0 Å². The van der Waals surface area contributed by atoms with Crippen molar-refractivity contribution in [2.45, 2.75) is 33.1 Å². The second kappa shape index (κ2) is 9.35. The van der Waals surface area contributed by atoms with Crippen molar-refractivity contribution in [3.8, 4) is 0 Å². The van der Waals surface area contributed by atoms with Gasteiger partial charge in [-0.15, -0.1) is 0 Å². The topological polar surface area (TPSA) is 65.5 Å². The summed E-state index contributed by atoms with van der Waals surface area (Å²) in [4.78, 5) is 33.4. The fraction of sp³-hybridized carbons (Fsp3) is 0.409. The Balaban J connectivity index is 1.67. The van der Waals surface area contributed by atoms with Crippen LogP contribution in [0.4, 0.5) is 11.4 Å². The minimum atomic E-state index is -0.320. The van der Waals surface area contributed by atoms with E-state index in [9.17, 15) is 9.59 Å². The second-order valence-corrected chi connectivity index (χ2v) is 6.93. The molecule has 2 amide bonds. The number of nitrogens with zero attached hydrogens (tertiary/aromatic N) is 3. The van der Waals surface area contributed by atoms with Gasteiger partial charge in [0.25, 0.3) is 11.8 Å². The molecule has 0 bridgehead atoms. The van der Waals surface area contributed by atoms with Crippen LogP contribution in [0.25, 0.3) is 0 Å². The Labute approximate surface area is 166 Å². The van der Waals surface area contributed by atoms with E-state index in [1.165, 1.54) is 24.9 Å². The number of benzene rings is 1. The summed E-state index contributed by atoms with van der Waals surface area (Å²) in [5.41, 5.74) is 2.42. The molecule has 148 valence electrons. The van der Waals surface area contributed by atoms with Crippen LogP contribution in [0.3, 0.4) is 0 Å². The zero-order chi connectivity index (χ0) is 19.9. The van der Waals surface area contributed by atoms with E-state index < -0.39 is 0 Å². The first-order valence-corrected chi connectivity index (χ1v) is 10.0. The summed E-state index contributed by atoms with van der Waals surface area (Å²) in [6.45, 7) is 7.23.